The molecule has 0 amide bonds. The van der Waals surface area contributed by atoms with Crippen LogP contribution in [0.15, 0.2) is 11.6 Å². The molecule has 0 spiro atoms. The van der Waals surface area contributed by atoms with Gasteiger partial charge in [-0.2, -0.15) is 0 Å². The Morgan fingerprint density at radius 3 is 1.92 bits per heavy atom. The van der Waals surface area contributed by atoms with Gasteiger partial charge < -0.3 is 104 Å². The van der Waals surface area contributed by atoms with Gasteiger partial charge in [0.25, 0.3) is 0 Å². The van der Waals surface area contributed by atoms with Crippen LogP contribution in [-0.4, -0.2) is 221 Å². The number of rotatable bonds is 14. The molecule has 0 aromatic heterocycles. The molecule has 4 saturated heterocycles. The minimum Gasteiger partial charge on any atom is -0.394 e. The Morgan fingerprint density at radius 2 is 1.24 bits per heavy atom. The van der Waals surface area contributed by atoms with Gasteiger partial charge in [-0.1, -0.05) is 46.3 Å². The van der Waals surface area contributed by atoms with E-state index >= 15 is 0 Å². The van der Waals surface area contributed by atoms with E-state index in [0.29, 0.717) is 32.1 Å². The summed E-state index contributed by atoms with van der Waals surface area (Å²) in [5.74, 6) is -0.318. The average molecular weight is 1060 g/mol. The number of allylic oxidation sites excluding steroid dienone is 2. The maximum absolute atomic E-state index is 12.8. The molecule has 29 atom stereocenters. The van der Waals surface area contributed by atoms with Crippen molar-refractivity contribution in [2.75, 3.05) is 19.8 Å². The third-order valence-electron chi connectivity index (χ3n) is 20.5. The smallest absolute Gasteiger partial charge is 0.187 e. The van der Waals surface area contributed by atoms with E-state index in [9.17, 15) is 66.4 Å². The summed E-state index contributed by atoms with van der Waals surface area (Å²) >= 11 is 0. The molecule has 0 radical (unpaired) electrons. The fraction of sp³-hybridized carbons (Fsp3) is 0.962. The molecule has 0 bridgehead atoms. The molecule has 21 nitrogen and oxygen atoms in total. The first-order chi connectivity index (χ1) is 34.6. The van der Waals surface area contributed by atoms with E-state index in [1.165, 1.54) is 6.92 Å². The number of ether oxygens (including phenoxy) is 8. The Balaban J connectivity index is 1.01. The van der Waals surface area contributed by atoms with Crippen LogP contribution in [0, 0.1) is 45.3 Å². The van der Waals surface area contributed by atoms with Crippen molar-refractivity contribution in [2.45, 2.75) is 255 Å². The molecule has 0 aromatic carbocycles. The lowest BCUT2D eigenvalue weighted by Crippen LogP contribution is -2.68. The molecule has 8 aliphatic rings. The third-order valence-corrected chi connectivity index (χ3v) is 20.5. The van der Waals surface area contributed by atoms with Gasteiger partial charge in [0.15, 0.2) is 25.2 Å². The normalized spacial score (nSPS) is 53.3. The summed E-state index contributed by atoms with van der Waals surface area (Å²) in [7, 11) is 0. The maximum Gasteiger partial charge on any atom is 0.187 e. The van der Waals surface area contributed by atoms with Crippen LogP contribution in [0.5, 0.6) is 0 Å². The standard InChI is InChI=1S/C53H90O21/c1-23(2)11-10-15-53(9,74-47-43(66)39(62)37(60)29(71-47)22-68-45-42(65)38(61)34(57)24(3)69-45)25-12-17-52(8)33(25)26(55)19-31-50(6)16-14-32(49(4,5)30(50)13-18-51(31,52)7)72-48-44(40(63)36(59)28(20-54)70-48)73-46-41(64)35(58)27(56)21-67-46/h11,24-48,54-66H,10,12-22H2,1-9H3. The Hall–Kier alpha value is -1.10. The summed E-state index contributed by atoms with van der Waals surface area (Å²) in [6, 6.07) is 0. The fourth-order valence-corrected chi connectivity index (χ4v) is 15.9. The zero-order valence-corrected chi connectivity index (χ0v) is 44.6. The lowest BCUT2D eigenvalue weighted by molar-refractivity contribution is -0.371. The second-order valence-electron chi connectivity index (χ2n) is 25.3. The van der Waals surface area contributed by atoms with Crippen molar-refractivity contribution in [3.63, 3.8) is 0 Å². The van der Waals surface area contributed by atoms with Gasteiger partial charge in [0.1, 0.15) is 85.5 Å². The molecule has 13 N–H and O–H groups in total. The number of aliphatic hydroxyl groups is 13. The highest BCUT2D eigenvalue weighted by atomic mass is 16.8. The quantitative estimate of drug-likeness (QED) is 0.0768. The summed E-state index contributed by atoms with van der Waals surface area (Å²) in [5, 5.41) is 141. The molecule has 4 saturated carbocycles. The molecule has 0 aromatic rings. The first-order valence-electron chi connectivity index (χ1n) is 27.2. The van der Waals surface area contributed by atoms with Gasteiger partial charge in [0.2, 0.25) is 0 Å². The van der Waals surface area contributed by atoms with E-state index < -0.39 is 153 Å². The number of hydrogen-bond donors (Lipinski definition) is 13. The Kier molecular flexibility index (Phi) is 17.6. The molecule has 4 aliphatic carbocycles. The maximum atomic E-state index is 12.8. The van der Waals surface area contributed by atoms with Crippen LogP contribution in [-0.2, 0) is 37.9 Å². The minimum atomic E-state index is -1.71. The van der Waals surface area contributed by atoms with Crippen molar-refractivity contribution in [3.05, 3.63) is 11.6 Å². The minimum absolute atomic E-state index is 0.0752. The summed E-state index contributed by atoms with van der Waals surface area (Å²) < 4.78 is 49.0. The predicted octanol–water partition coefficient (Wildman–Crippen LogP) is -0.536. The number of fused-ring (bicyclic) bond motifs is 5. The van der Waals surface area contributed by atoms with Crippen molar-refractivity contribution in [1.82, 2.24) is 0 Å². The van der Waals surface area contributed by atoms with Gasteiger partial charge in [0.05, 0.1) is 43.7 Å². The van der Waals surface area contributed by atoms with E-state index in [1.807, 2.05) is 20.8 Å². The van der Waals surface area contributed by atoms with Crippen LogP contribution < -0.4 is 0 Å². The van der Waals surface area contributed by atoms with Crippen LogP contribution in [0.4, 0.5) is 0 Å². The Bertz CT molecular complexity index is 1930. The average Bonchev–Trinajstić information content (AvgIpc) is 3.73. The summed E-state index contributed by atoms with van der Waals surface area (Å²) in [6.07, 6.45) is -20.9. The van der Waals surface area contributed by atoms with E-state index in [-0.39, 0.29) is 46.5 Å². The Morgan fingerprint density at radius 1 is 0.622 bits per heavy atom. The van der Waals surface area contributed by atoms with Crippen LogP contribution in [0.3, 0.4) is 0 Å². The largest absolute Gasteiger partial charge is 0.394 e. The van der Waals surface area contributed by atoms with Gasteiger partial charge in [-0.15, -0.1) is 0 Å². The van der Waals surface area contributed by atoms with Crippen LogP contribution in [0.1, 0.15) is 120 Å². The van der Waals surface area contributed by atoms with Crippen molar-refractivity contribution in [3.8, 4) is 0 Å². The van der Waals surface area contributed by atoms with E-state index in [0.717, 1.165) is 31.3 Å². The molecular weight excluding hydrogens is 973 g/mol. The molecule has 21 heteroatoms. The van der Waals surface area contributed by atoms with Crippen molar-refractivity contribution in [1.29, 1.82) is 0 Å². The molecule has 428 valence electrons. The van der Waals surface area contributed by atoms with E-state index in [4.69, 9.17) is 37.9 Å². The van der Waals surface area contributed by atoms with Crippen LogP contribution >= 0.6 is 0 Å². The van der Waals surface area contributed by atoms with Gasteiger partial charge in [0, 0.05) is 0 Å². The topological polar surface area (TPSA) is 337 Å². The fourth-order valence-electron chi connectivity index (χ4n) is 15.9. The highest BCUT2D eigenvalue weighted by molar-refractivity contribution is 5.20. The molecule has 29 unspecified atom stereocenters. The summed E-state index contributed by atoms with van der Waals surface area (Å²) in [6.45, 7) is 17.5. The SMILES string of the molecule is CC(C)=CCCC(C)(OC1OC(COC2OC(C)C(O)C(O)C2O)C(O)C(O)C1O)C1CCC2(C)C1C(O)CC1C3(C)CCC(OC4OC(CO)C(O)C(O)C4OC4OCC(O)C(O)C4O)C(C)(C)C3CCC12C. The zero-order chi connectivity index (χ0) is 54.4. The second kappa shape index (κ2) is 22.1. The summed E-state index contributed by atoms with van der Waals surface area (Å²) in [4.78, 5) is 0. The predicted molar refractivity (Wildman–Crippen MR) is 259 cm³/mol. The molecule has 8 rings (SSSR count). The summed E-state index contributed by atoms with van der Waals surface area (Å²) in [5.41, 5.74) is -1.36. The third kappa shape index (κ3) is 10.2. The first-order valence-corrected chi connectivity index (χ1v) is 27.2. The second-order valence-corrected chi connectivity index (χ2v) is 25.3. The first kappa shape index (κ1) is 59.0. The van der Waals surface area contributed by atoms with Gasteiger partial charge in [-0.25, -0.2) is 0 Å². The van der Waals surface area contributed by atoms with Crippen LogP contribution in [0.2, 0.25) is 0 Å². The monoisotopic (exact) mass is 1060 g/mol. The van der Waals surface area contributed by atoms with Crippen molar-refractivity contribution < 1.29 is 104 Å². The van der Waals surface area contributed by atoms with Crippen LogP contribution in [0.25, 0.3) is 0 Å². The van der Waals surface area contributed by atoms with E-state index in [2.05, 4.69) is 40.7 Å². The lowest BCUT2D eigenvalue weighted by atomic mass is 9.35. The lowest BCUT2D eigenvalue weighted by Gasteiger charge is -2.71. The number of hydrogen-bond acceptors (Lipinski definition) is 21. The molecule has 74 heavy (non-hydrogen) atoms. The zero-order valence-electron chi connectivity index (χ0n) is 44.6. The van der Waals surface area contributed by atoms with Gasteiger partial charge in [-0.05, 0) is 131 Å². The molecule has 4 aliphatic heterocycles. The molecule has 8 fully saturated rings. The highest BCUT2D eigenvalue weighted by Crippen LogP contribution is 2.76. The van der Waals surface area contributed by atoms with Crippen molar-refractivity contribution >= 4 is 0 Å². The van der Waals surface area contributed by atoms with E-state index in [1.54, 1.807) is 0 Å². The van der Waals surface area contributed by atoms with Gasteiger partial charge >= 0.3 is 0 Å². The number of aliphatic hydroxyl groups excluding tert-OH is 13. The van der Waals surface area contributed by atoms with Gasteiger partial charge in [-0.3, -0.25) is 0 Å². The Labute approximate surface area is 434 Å². The highest BCUT2D eigenvalue weighted by Gasteiger charge is 2.72. The molecule has 4 heterocycles. The molecular formula is C53H90O21. The van der Waals surface area contributed by atoms with Crippen molar-refractivity contribution in [2.24, 2.45) is 45.3 Å².